The van der Waals surface area contributed by atoms with Gasteiger partial charge in [-0.1, -0.05) is 41.5 Å². The summed E-state index contributed by atoms with van der Waals surface area (Å²) in [6, 6.07) is 0. The molecule has 1 atom stereocenters. The van der Waals surface area contributed by atoms with Crippen molar-refractivity contribution in [1.29, 1.82) is 0 Å². The third-order valence-corrected chi connectivity index (χ3v) is 3.26. The van der Waals surface area contributed by atoms with Gasteiger partial charge in [-0.15, -0.1) is 12.4 Å². The van der Waals surface area contributed by atoms with Crippen molar-refractivity contribution in [2.75, 3.05) is 20.1 Å². The van der Waals surface area contributed by atoms with Gasteiger partial charge in [0.05, 0.1) is 0 Å². The Morgan fingerprint density at radius 2 is 1.65 bits per heavy atom. The summed E-state index contributed by atoms with van der Waals surface area (Å²) < 4.78 is 0. The van der Waals surface area contributed by atoms with Crippen molar-refractivity contribution in [3.8, 4) is 0 Å². The van der Waals surface area contributed by atoms with E-state index in [4.69, 9.17) is 5.73 Å². The molecule has 0 rings (SSSR count). The summed E-state index contributed by atoms with van der Waals surface area (Å²) in [6.45, 7) is 13.7. The number of rotatable bonds is 4. The number of hydrogen-bond acceptors (Lipinski definition) is 2. The zero-order valence-electron chi connectivity index (χ0n) is 12.3. The second-order valence-corrected chi connectivity index (χ2v) is 6.65. The molecule has 0 radical (unpaired) electrons. The highest BCUT2D eigenvalue weighted by atomic mass is 35.5. The van der Waals surface area contributed by atoms with E-state index in [0.29, 0.717) is 13.1 Å². The average molecular weight is 265 g/mol. The lowest BCUT2D eigenvalue weighted by atomic mass is 9.81. The maximum atomic E-state index is 12.2. The van der Waals surface area contributed by atoms with E-state index < -0.39 is 0 Å². The molecule has 0 aromatic carbocycles. The Hall–Kier alpha value is -0.280. The van der Waals surface area contributed by atoms with Crippen LogP contribution >= 0.6 is 12.4 Å². The maximum Gasteiger partial charge on any atom is 0.225 e. The third-order valence-electron chi connectivity index (χ3n) is 3.26. The van der Waals surface area contributed by atoms with Gasteiger partial charge in [0.15, 0.2) is 0 Å². The lowest BCUT2D eigenvalue weighted by Crippen LogP contribution is -2.44. The van der Waals surface area contributed by atoms with Crippen LogP contribution in [0.4, 0.5) is 0 Å². The molecule has 0 aromatic rings. The van der Waals surface area contributed by atoms with E-state index in [1.54, 1.807) is 0 Å². The molecule has 4 heteroatoms. The molecule has 0 saturated heterocycles. The number of carbonyl (C=O) groups excluding carboxylic acids is 1. The number of nitrogens with zero attached hydrogens (tertiary/aromatic N) is 1. The normalized spacial score (nSPS) is 13.9. The van der Waals surface area contributed by atoms with Gasteiger partial charge >= 0.3 is 0 Å². The second-order valence-electron chi connectivity index (χ2n) is 6.65. The van der Waals surface area contributed by atoms with Crippen molar-refractivity contribution < 1.29 is 4.79 Å². The van der Waals surface area contributed by atoms with Crippen LogP contribution < -0.4 is 5.73 Å². The van der Waals surface area contributed by atoms with Crippen LogP contribution in [0.2, 0.25) is 0 Å². The van der Waals surface area contributed by atoms with Gasteiger partial charge < -0.3 is 10.6 Å². The lowest BCUT2D eigenvalue weighted by Gasteiger charge is -2.34. The molecule has 0 spiro atoms. The molecule has 0 bridgehead atoms. The summed E-state index contributed by atoms with van der Waals surface area (Å²) in [4.78, 5) is 14.0. The highest BCUT2D eigenvalue weighted by Gasteiger charge is 2.30. The molecule has 3 nitrogen and oxygen atoms in total. The first-order valence-corrected chi connectivity index (χ1v) is 5.96. The first-order chi connectivity index (χ1) is 7.01. The van der Waals surface area contributed by atoms with Crippen LogP contribution in [0, 0.1) is 16.7 Å². The zero-order valence-corrected chi connectivity index (χ0v) is 13.1. The Labute approximate surface area is 113 Å². The SMILES string of the molecule is CC(C(=O)N(C)CC(C)(C)CN)C(C)(C)C.Cl. The van der Waals surface area contributed by atoms with Gasteiger partial charge in [0.1, 0.15) is 0 Å². The topological polar surface area (TPSA) is 46.3 Å². The predicted octanol–water partition coefficient (Wildman–Crippen LogP) is 2.53. The largest absolute Gasteiger partial charge is 0.345 e. The quantitative estimate of drug-likeness (QED) is 0.848. The summed E-state index contributed by atoms with van der Waals surface area (Å²) in [5.41, 5.74) is 5.68. The number of amides is 1. The molecule has 104 valence electrons. The summed E-state index contributed by atoms with van der Waals surface area (Å²) in [5, 5.41) is 0. The molecule has 17 heavy (non-hydrogen) atoms. The summed E-state index contributed by atoms with van der Waals surface area (Å²) in [5.74, 6) is 0.236. The van der Waals surface area contributed by atoms with Crippen molar-refractivity contribution in [3.63, 3.8) is 0 Å². The number of halogens is 1. The smallest absolute Gasteiger partial charge is 0.225 e. The summed E-state index contributed by atoms with van der Waals surface area (Å²) in [7, 11) is 1.86. The van der Waals surface area contributed by atoms with E-state index in [1.807, 2.05) is 18.9 Å². The Bertz CT molecular complexity index is 246. The molecule has 0 aliphatic rings. The maximum absolute atomic E-state index is 12.2. The van der Waals surface area contributed by atoms with E-state index in [0.717, 1.165) is 0 Å². The molecule has 0 saturated carbocycles. The van der Waals surface area contributed by atoms with Crippen LogP contribution in [0.3, 0.4) is 0 Å². The van der Waals surface area contributed by atoms with Crippen LogP contribution in [0.1, 0.15) is 41.5 Å². The van der Waals surface area contributed by atoms with E-state index in [1.165, 1.54) is 0 Å². The van der Waals surface area contributed by atoms with Gasteiger partial charge in [-0.05, 0) is 17.4 Å². The van der Waals surface area contributed by atoms with Crippen molar-refractivity contribution in [1.82, 2.24) is 4.90 Å². The average Bonchev–Trinajstić information content (AvgIpc) is 2.13. The van der Waals surface area contributed by atoms with Gasteiger partial charge in [-0.3, -0.25) is 4.79 Å². The Morgan fingerprint density at radius 3 is 1.94 bits per heavy atom. The first kappa shape index (κ1) is 19.1. The van der Waals surface area contributed by atoms with Crippen LogP contribution in [0.15, 0.2) is 0 Å². The molecule has 2 N–H and O–H groups in total. The van der Waals surface area contributed by atoms with Gasteiger partial charge in [-0.25, -0.2) is 0 Å². The predicted molar refractivity (Wildman–Crippen MR) is 76.3 cm³/mol. The van der Waals surface area contributed by atoms with Crippen molar-refractivity contribution in [3.05, 3.63) is 0 Å². The molecule has 1 amide bonds. The van der Waals surface area contributed by atoms with Gasteiger partial charge in [-0.2, -0.15) is 0 Å². The minimum absolute atomic E-state index is 0. The Kier molecular flexibility index (Phi) is 7.40. The highest BCUT2D eigenvalue weighted by molar-refractivity contribution is 5.85. The van der Waals surface area contributed by atoms with Crippen LogP contribution in [0.25, 0.3) is 0 Å². The highest BCUT2D eigenvalue weighted by Crippen LogP contribution is 2.27. The minimum Gasteiger partial charge on any atom is -0.345 e. The van der Waals surface area contributed by atoms with E-state index in [9.17, 15) is 4.79 Å². The van der Waals surface area contributed by atoms with Crippen molar-refractivity contribution in [2.45, 2.75) is 41.5 Å². The summed E-state index contributed by atoms with van der Waals surface area (Å²) >= 11 is 0. The second kappa shape index (κ2) is 6.60. The third kappa shape index (κ3) is 6.27. The fourth-order valence-electron chi connectivity index (χ4n) is 1.49. The molecule has 0 aliphatic heterocycles. The molecule has 0 aliphatic carbocycles. The van der Waals surface area contributed by atoms with E-state index in [-0.39, 0.29) is 35.1 Å². The number of nitrogens with two attached hydrogens (primary N) is 1. The first-order valence-electron chi connectivity index (χ1n) is 5.96. The fourth-order valence-corrected chi connectivity index (χ4v) is 1.49. The van der Waals surface area contributed by atoms with Crippen LogP contribution in [0.5, 0.6) is 0 Å². The molecular formula is C13H29ClN2O. The van der Waals surface area contributed by atoms with Gasteiger partial charge in [0.25, 0.3) is 0 Å². The summed E-state index contributed by atoms with van der Waals surface area (Å²) in [6.07, 6.45) is 0. The van der Waals surface area contributed by atoms with Crippen molar-refractivity contribution >= 4 is 18.3 Å². The molecular weight excluding hydrogens is 236 g/mol. The molecule has 0 aromatic heterocycles. The van der Waals surface area contributed by atoms with E-state index in [2.05, 4.69) is 34.6 Å². The molecule has 1 unspecified atom stereocenters. The monoisotopic (exact) mass is 264 g/mol. The standard InChI is InChI=1S/C13H28N2O.ClH/c1-10(12(2,3)4)11(16)15(7)9-13(5,6)8-14;/h10H,8-9,14H2,1-7H3;1H. The molecule has 0 heterocycles. The number of carbonyl (C=O) groups is 1. The Balaban J connectivity index is 0. The van der Waals surface area contributed by atoms with Gasteiger partial charge in [0.2, 0.25) is 5.91 Å². The van der Waals surface area contributed by atoms with Crippen LogP contribution in [-0.2, 0) is 4.79 Å². The fraction of sp³-hybridized carbons (Fsp3) is 0.923. The Morgan fingerprint density at radius 1 is 1.24 bits per heavy atom. The lowest BCUT2D eigenvalue weighted by molar-refractivity contribution is -0.138. The van der Waals surface area contributed by atoms with Crippen molar-refractivity contribution in [2.24, 2.45) is 22.5 Å². The van der Waals surface area contributed by atoms with E-state index >= 15 is 0 Å². The zero-order chi connectivity index (χ0) is 13.1. The van der Waals surface area contributed by atoms with Gasteiger partial charge in [0, 0.05) is 19.5 Å². The van der Waals surface area contributed by atoms with Crippen LogP contribution in [-0.4, -0.2) is 30.9 Å². The number of hydrogen-bond donors (Lipinski definition) is 1. The molecule has 0 fully saturated rings. The minimum atomic E-state index is -0.0119.